The van der Waals surface area contributed by atoms with Gasteiger partial charge in [0.15, 0.2) is 5.60 Å². The van der Waals surface area contributed by atoms with E-state index in [0.717, 1.165) is 4.90 Å². The van der Waals surface area contributed by atoms with Crippen molar-refractivity contribution in [2.75, 3.05) is 4.90 Å². The average molecular weight is 546 g/mol. The molecule has 2 aliphatic heterocycles. The smallest absolute Gasteiger partial charge is 0.340 e. The fourth-order valence-electron chi connectivity index (χ4n) is 5.11. The molecule has 0 saturated carbocycles. The van der Waals surface area contributed by atoms with Crippen LogP contribution in [0.1, 0.15) is 27.0 Å². The number of nitrogens with two attached hydrogens (primary N) is 2. The molecule has 4 aromatic carbocycles. The average Bonchev–Trinajstić information content (AvgIpc) is 3.16. The molecule has 196 valence electrons. The number of sulfonamides is 1. The molecule has 0 radical (unpaired) electrons. The summed E-state index contributed by atoms with van der Waals surface area (Å²) in [6, 6.07) is 17.5. The van der Waals surface area contributed by atoms with Gasteiger partial charge in [-0.2, -0.15) is 0 Å². The van der Waals surface area contributed by atoms with Crippen LogP contribution in [-0.2, 0) is 20.4 Å². The highest BCUT2D eigenvalue weighted by Gasteiger charge is 2.55. The Kier molecular flexibility index (Phi) is 5.11. The molecule has 2 amide bonds. The minimum atomic E-state index is -4.02. The number of carbonyl (C=O) groups excluding carboxylic acids is 2. The van der Waals surface area contributed by atoms with Gasteiger partial charge < -0.3 is 25.4 Å². The molecular formula is C27H19N3O8S. The second-order valence-corrected chi connectivity index (χ2v) is 10.5. The summed E-state index contributed by atoms with van der Waals surface area (Å²) in [4.78, 5) is 26.9. The van der Waals surface area contributed by atoms with Gasteiger partial charge in [0.1, 0.15) is 23.0 Å². The number of amides is 2. The van der Waals surface area contributed by atoms with Crippen molar-refractivity contribution in [2.45, 2.75) is 10.5 Å². The fourth-order valence-corrected chi connectivity index (χ4v) is 5.63. The summed E-state index contributed by atoms with van der Waals surface area (Å²) in [6.45, 7) is 0. The third kappa shape index (κ3) is 3.57. The zero-order chi connectivity index (χ0) is 27.7. The number of rotatable bonds is 3. The molecule has 4 aromatic rings. The standard InChI is InChI=1S/C27H19N3O8S/c28-26(34)30(14-5-8-17(9-6-14)39(29,35)36)21-11-16(32)13-23-24(21)27(20-10-7-15(31)12-22(20)37-23)19-4-2-1-3-18(19)25(33)38-27/h1-13,31-32H,(H2,28,34)(H2,29,35,36). The van der Waals surface area contributed by atoms with Crippen LogP contribution >= 0.6 is 0 Å². The summed E-state index contributed by atoms with van der Waals surface area (Å²) in [5, 5.41) is 26.0. The maximum absolute atomic E-state index is 13.2. The van der Waals surface area contributed by atoms with Gasteiger partial charge in [0.2, 0.25) is 10.0 Å². The Labute approximate surface area is 221 Å². The molecule has 1 atom stereocenters. The Hall–Kier alpha value is -5.07. The number of nitrogens with zero attached hydrogens (tertiary/aromatic N) is 1. The molecule has 0 bridgehead atoms. The summed E-state index contributed by atoms with van der Waals surface area (Å²) in [6.07, 6.45) is 0. The molecular weight excluding hydrogens is 526 g/mol. The molecule has 1 unspecified atom stereocenters. The molecule has 2 heterocycles. The van der Waals surface area contributed by atoms with E-state index in [4.69, 9.17) is 20.3 Å². The van der Waals surface area contributed by atoms with E-state index in [9.17, 15) is 28.2 Å². The van der Waals surface area contributed by atoms with Crippen molar-refractivity contribution in [2.24, 2.45) is 10.9 Å². The topological polar surface area (TPSA) is 182 Å². The van der Waals surface area contributed by atoms with E-state index in [1.165, 1.54) is 54.6 Å². The van der Waals surface area contributed by atoms with E-state index in [0.29, 0.717) is 11.1 Å². The van der Waals surface area contributed by atoms with Gasteiger partial charge in [-0.15, -0.1) is 0 Å². The molecule has 0 fully saturated rings. The number of anilines is 2. The van der Waals surface area contributed by atoms with Crippen molar-refractivity contribution >= 4 is 33.4 Å². The fraction of sp³-hybridized carbons (Fsp3) is 0.0370. The van der Waals surface area contributed by atoms with Crippen molar-refractivity contribution < 1.29 is 37.7 Å². The van der Waals surface area contributed by atoms with Crippen molar-refractivity contribution in [3.8, 4) is 23.0 Å². The van der Waals surface area contributed by atoms with Gasteiger partial charge in [-0.25, -0.2) is 23.1 Å². The zero-order valence-electron chi connectivity index (χ0n) is 19.9. The monoisotopic (exact) mass is 545 g/mol. The molecule has 12 heteroatoms. The molecule has 6 rings (SSSR count). The molecule has 0 aliphatic carbocycles. The van der Waals surface area contributed by atoms with Gasteiger partial charge in [-0.05, 0) is 42.5 Å². The summed E-state index contributed by atoms with van der Waals surface area (Å²) >= 11 is 0. The SMILES string of the molecule is NC(=O)N(c1ccc(S(N)(=O)=O)cc1)c1cc(O)cc2c1C1(OC(=O)c3ccccc31)c1ccc(O)cc1O2. The van der Waals surface area contributed by atoms with E-state index < -0.39 is 27.6 Å². The van der Waals surface area contributed by atoms with Gasteiger partial charge in [0.05, 0.1) is 27.4 Å². The number of hydrogen-bond donors (Lipinski definition) is 4. The molecule has 39 heavy (non-hydrogen) atoms. The maximum Gasteiger partial charge on any atom is 0.340 e. The van der Waals surface area contributed by atoms with Crippen molar-refractivity contribution in [3.05, 3.63) is 101 Å². The maximum atomic E-state index is 13.2. The number of primary sulfonamides is 1. The van der Waals surface area contributed by atoms with Crippen molar-refractivity contribution in [1.29, 1.82) is 0 Å². The van der Waals surface area contributed by atoms with Crippen molar-refractivity contribution in [3.63, 3.8) is 0 Å². The molecule has 0 aromatic heterocycles. The van der Waals surface area contributed by atoms with Crippen LogP contribution in [0.15, 0.2) is 83.8 Å². The molecule has 11 nitrogen and oxygen atoms in total. The minimum Gasteiger partial charge on any atom is -0.508 e. The second kappa shape index (κ2) is 8.21. The van der Waals surface area contributed by atoms with E-state index >= 15 is 0 Å². The number of esters is 1. The lowest BCUT2D eigenvalue weighted by Crippen LogP contribution is -2.38. The summed E-state index contributed by atoms with van der Waals surface area (Å²) in [5.74, 6) is -0.877. The second-order valence-electron chi connectivity index (χ2n) is 8.95. The number of carbonyl (C=O) groups is 2. The van der Waals surface area contributed by atoms with E-state index in [1.54, 1.807) is 24.3 Å². The summed E-state index contributed by atoms with van der Waals surface area (Å²) in [7, 11) is -4.02. The summed E-state index contributed by atoms with van der Waals surface area (Å²) < 4.78 is 35.7. The van der Waals surface area contributed by atoms with Gasteiger partial charge >= 0.3 is 12.0 Å². The lowest BCUT2D eigenvalue weighted by Gasteiger charge is -2.39. The Balaban J connectivity index is 1.68. The van der Waals surface area contributed by atoms with Gasteiger partial charge in [-0.1, -0.05) is 18.2 Å². The first kappa shape index (κ1) is 24.3. The highest BCUT2D eigenvalue weighted by molar-refractivity contribution is 7.89. The number of hydrogen-bond acceptors (Lipinski definition) is 8. The van der Waals surface area contributed by atoms with Crippen LogP contribution in [0.4, 0.5) is 16.2 Å². The first-order chi connectivity index (χ1) is 18.5. The highest BCUT2D eigenvalue weighted by Crippen LogP contribution is 2.60. The minimum absolute atomic E-state index is 0.00378. The third-order valence-electron chi connectivity index (χ3n) is 6.64. The quantitative estimate of drug-likeness (QED) is 0.282. The number of phenols is 2. The molecule has 0 saturated heterocycles. The van der Waals surface area contributed by atoms with Crippen LogP contribution in [0, 0.1) is 0 Å². The number of urea groups is 1. The Morgan fingerprint density at radius 3 is 2.26 bits per heavy atom. The third-order valence-corrected chi connectivity index (χ3v) is 7.57. The lowest BCUT2D eigenvalue weighted by molar-refractivity contribution is 0.0226. The Bertz CT molecular complexity index is 1820. The highest BCUT2D eigenvalue weighted by atomic mass is 32.2. The summed E-state index contributed by atoms with van der Waals surface area (Å²) in [5.41, 5.74) is 5.52. The number of phenolic OH excluding ortho intramolecular Hbond substituents is 2. The normalized spacial score (nSPS) is 17.0. The number of fused-ring (bicyclic) bond motifs is 6. The largest absolute Gasteiger partial charge is 0.508 e. The van der Waals surface area contributed by atoms with Crippen LogP contribution in [0.5, 0.6) is 23.0 Å². The van der Waals surface area contributed by atoms with Gasteiger partial charge in [0, 0.05) is 29.3 Å². The number of aromatic hydroxyl groups is 2. The number of benzene rings is 4. The molecule has 2 aliphatic rings. The van der Waals surface area contributed by atoms with Crippen LogP contribution in [0.2, 0.25) is 0 Å². The molecule has 6 N–H and O–H groups in total. The molecule has 1 spiro atoms. The predicted octanol–water partition coefficient (Wildman–Crippen LogP) is 3.53. The first-order valence-electron chi connectivity index (χ1n) is 11.4. The van der Waals surface area contributed by atoms with E-state index in [1.807, 2.05) is 0 Å². The van der Waals surface area contributed by atoms with Crippen LogP contribution in [0.25, 0.3) is 0 Å². The Morgan fingerprint density at radius 1 is 0.872 bits per heavy atom. The van der Waals surface area contributed by atoms with E-state index in [-0.39, 0.29) is 50.4 Å². The van der Waals surface area contributed by atoms with Gasteiger partial charge in [-0.3, -0.25) is 4.90 Å². The first-order valence-corrected chi connectivity index (χ1v) is 13.0. The van der Waals surface area contributed by atoms with Gasteiger partial charge in [0.25, 0.3) is 0 Å². The van der Waals surface area contributed by atoms with Crippen LogP contribution in [0.3, 0.4) is 0 Å². The van der Waals surface area contributed by atoms with E-state index in [2.05, 4.69) is 0 Å². The Morgan fingerprint density at radius 2 is 1.56 bits per heavy atom. The number of primary amides is 1. The van der Waals surface area contributed by atoms with Crippen LogP contribution < -0.4 is 20.5 Å². The lowest BCUT2D eigenvalue weighted by atomic mass is 9.76. The van der Waals surface area contributed by atoms with Crippen molar-refractivity contribution in [1.82, 2.24) is 0 Å². The van der Waals surface area contributed by atoms with Crippen LogP contribution in [-0.4, -0.2) is 30.6 Å². The predicted molar refractivity (Wildman–Crippen MR) is 138 cm³/mol. The number of ether oxygens (including phenoxy) is 2. The zero-order valence-corrected chi connectivity index (χ0v) is 20.7.